The number of hydrogen-bond donors (Lipinski definition) is 3. The van der Waals surface area contributed by atoms with Gasteiger partial charge in [-0.1, -0.05) is 12.1 Å². The number of aromatic hydroxyl groups is 1. The lowest BCUT2D eigenvalue weighted by Crippen LogP contribution is -2.37. The molecule has 30 heavy (non-hydrogen) atoms. The zero-order valence-electron chi connectivity index (χ0n) is 16.3. The van der Waals surface area contributed by atoms with Gasteiger partial charge in [0.1, 0.15) is 12.3 Å². The van der Waals surface area contributed by atoms with Gasteiger partial charge in [0.05, 0.1) is 43.7 Å². The summed E-state index contributed by atoms with van der Waals surface area (Å²) in [7, 11) is 2.93. The summed E-state index contributed by atoms with van der Waals surface area (Å²) in [6, 6.07) is 9.29. The van der Waals surface area contributed by atoms with Crippen LogP contribution in [0.25, 0.3) is 10.9 Å². The van der Waals surface area contributed by atoms with Crippen LogP contribution in [0, 0.1) is 0 Å². The van der Waals surface area contributed by atoms with Crippen LogP contribution in [0.1, 0.15) is 0 Å². The van der Waals surface area contributed by atoms with Crippen molar-refractivity contribution in [2.75, 3.05) is 26.1 Å². The van der Waals surface area contributed by atoms with E-state index >= 15 is 0 Å². The van der Waals surface area contributed by atoms with Gasteiger partial charge in [-0.3, -0.25) is 19.0 Å². The molecular formula is C20H20N4O6. The van der Waals surface area contributed by atoms with Gasteiger partial charge in [-0.2, -0.15) is 0 Å². The molecule has 10 heteroatoms. The molecule has 0 fully saturated rings. The van der Waals surface area contributed by atoms with Crippen molar-refractivity contribution in [3.63, 3.8) is 0 Å². The zero-order valence-corrected chi connectivity index (χ0v) is 16.3. The molecule has 0 bridgehead atoms. The number of ether oxygens (including phenoxy) is 2. The summed E-state index contributed by atoms with van der Waals surface area (Å²) < 4.78 is 11.5. The van der Waals surface area contributed by atoms with Crippen molar-refractivity contribution in [3.05, 3.63) is 53.1 Å². The molecule has 3 rings (SSSR count). The van der Waals surface area contributed by atoms with Crippen LogP contribution >= 0.6 is 0 Å². The van der Waals surface area contributed by atoms with Gasteiger partial charge in [-0.25, -0.2) is 4.98 Å². The highest BCUT2D eigenvalue weighted by Gasteiger charge is 2.13. The highest BCUT2D eigenvalue weighted by Crippen LogP contribution is 2.29. The van der Waals surface area contributed by atoms with E-state index in [-0.39, 0.29) is 29.9 Å². The Balaban J connectivity index is 1.67. The van der Waals surface area contributed by atoms with E-state index in [9.17, 15) is 19.5 Å². The lowest BCUT2D eigenvalue weighted by Gasteiger charge is -2.11. The number of nitrogens with one attached hydrogen (secondary N) is 2. The molecule has 0 spiro atoms. The van der Waals surface area contributed by atoms with E-state index in [1.165, 1.54) is 38.7 Å². The lowest BCUT2D eigenvalue weighted by atomic mass is 10.2. The molecule has 0 saturated heterocycles. The first-order valence-electron chi connectivity index (χ1n) is 8.88. The van der Waals surface area contributed by atoms with Crippen LogP contribution in [0.4, 0.5) is 5.69 Å². The van der Waals surface area contributed by atoms with Crippen LogP contribution in [-0.4, -0.2) is 47.2 Å². The maximum atomic E-state index is 12.7. The van der Waals surface area contributed by atoms with E-state index in [1.807, 2.05) is 0 Å². The number of phenolic OH excluding ortho intramolecular Hbond substituents is 1. The highest BCUT2D eigenvalue weighted by atomic mass is 16.5. The number of benzene rings is 2. The van der Waals surface area contributed by atoms with E-state index in [1.54, 1.807) is 18.2 Å². The minimum Gasteiger partial charge on any atom is -0.506 e. The van der Waals surface area contributed by atoms with E-state index in [0.717, 1.165) is 4.57 Å². The van der Waals surface area contributed by atoms with Crippen molar-refractivity contribution < 1.29 is 24.2 Å². The number of aromatic nitrogens is 2. The van der Waals surface area contributed by atoms with Gasteiger partial charge < -0.3 is 25.2 Å². The Bertz CT molecular complexity index is 1160. The number of amides is 2. The minimum atomic E-state index is -0.550. The molecule has 10 nitrogen and oxygen atoms in total. The summed E-state index contributed by atoms with van der Waals surface area (Å²) in [4.78, 5) is 41.0. The third-order valence-electron chi connectivity index (χ3n) is 4.27. The summed E-state index contributed by atoms with van der Waals surface area (Å²) in [6.45, 7) is -0.645. The molecule has 2 aromatic carbocycles. The molecule has 0 saturated carbocycles. The van der Waals surface area contributed by atoms with Gasteiger partial charge in [0.25, 0.3) is 5.56 Å². The Labute approximate surface area is 171 Å². The summed E-state index contributed by atoms with van der Waals surface area (Å²) in [5.74, 6) is -0.357. The molecule has 0 aliphatic rings. The molecule has 3 aromatic rings. The average molecular weight is 412 g/mol. The number of hydrogen-bond acceptors (Lipinski definition) is 7. The lowest BCUT2D eigenvalue weighted by molar-refractivity contribution is -0.124. The third kappa shape index (κ3) is 4.49. The molecule has 0 radical (unpaired) electrons. The summed E-state index contributed by atoms with van der Waals surface area (Å²) in [5, 5.41) is 14.8. The number of anilines is 1. The van der Waals surface area contributed by atoms with Gasteiger partial charge in [-0.15, -0.1) is 0 Å². The standard InChI is InChI=1S/C20H20N4O6/c1-29-16-7-12-14(8-17(16)30-2)22-11-24(20(12)28)10-19(27)21-9-18(26)23-13-5-3-4-6-15(13)25/h3-8,11,25H,9-10H2,1-2H3,(H,21,27)(H,23,26). The normalized spacial score (nSPS) is 10.5. The summed E-state index contributed by atoms with van der Waals surface area (Å²) in [5.41, 5.74) is 0.196. The highest BCUT2D eigenvalue weighted by molar-refractivity contribution is 5.95. The van der Waals surface area contributed by atoms with Crippen LogP contribution < -0.4 is 25.7 Å². The number of rotatable bonds is 7. The Hall–Kier alpha value is -4.08. The van der Waals surface area contributed by atoms with Crippen LogP contribution in [0.5, 0.6) is 17.2 Å². The maximum Gasteiger partial charge on any atom is 0.261 e. The van der Waals surface area contributed by atoms with Gasteiger partial charge in [0, 0.05) is 6.07 Å². The SMILES string of the molecule is COc1cc2ncn(CC(=O)NCC(=O)Nc3ccccc3O)c(=O)c2cc1OC. The number of para-hydroxylation sites is 2. The van der Waals surface area contributed by atoms with E-state index in [0.29, 0.717) is 17.0 Å². The second-order valence-corrected chi connectivity index (χ2v) is 6.24. The fourth-order valence-electron chi connectivity index (χ4n) is 2.76. The zero-order chi connectivity index (χ0) is 21.7. The molecule has 0 unspecified atom stereocenters. The Morgan fingerprint density at radius 1 is 1.10 bits per heavy atom. The van der Waals surface area contributed by atoms with Crippen molar-refractivity contribution in [3.8, 4) is 17.2 Å². The Morgan fingerprint density at radius 2 is 1.80 bits per heavy atom. The van der Waals surface area contributed by atoms with Gasteiger partial charge in [-0.05, 0) is 18.2 Å². The molecule has 0 aliphatic carbocycles. The van der Waals surface area contributed by atoms with Gasteiger partial charge in [0.15, 0.2) is 11.5 Å². The van der Waals surface area contributed by atoms with Crippen molar-refractivity contribution in [2.24, 2.45) is 0 Å². The summed E-state index contributed by atoms with van der Waals surface area (Å²) >= 11 is 0. The second kappa shape index (κ2) is 8.95. The average Bonchev–Trinajstić information content (AvgIpc) is 2.75. The molecule has 2 amide bonds. The minimum absolute atomic E-state index is 0.0852. The first-order valence-corrected chi connectivity index (χ1v) is 8.88. The van der Waals surface area contributed by atoms with Gasteiger partial charge >= 0.3 is 0 Å². The largest absolute Gasteiger partial charge is 0.506 e. The maximum absolute atomic E-state index is 12.7. The number of phenols is 1. The van der Waals surface area contributed by atoms with Crippen molar-refractivity contribution in [1.29, 1.82) is 0 Å². The predicted octanol–water partition coefficient (Wildman–Crippen LogP) is 0.874. The van der Waals surface area contributed by atoms with Crippen LogP contribution in [0.15, 0.2) is 47.5 Å². The van der Waals surface area contributed by atoms with E-state index < -0.39 is 17.4 Å². The Morgan fingerprint density at radius 3 is 2.50 bits per heavy atom. The summed E-state index contributed by atoms with van der Waals surface area (Å²) in [6.07, 6.45) is 1.25. The molecule has 0 atom stereocenters. The van der Waals surface area contributed by atoms with Crippen LogP contribution in [0.3, 0.4) is 0 Å². The van der Waals surface area contributed by atoms with E-state index in [4.69, 9.17) is 9.47 Å². The topological polar surface area (TPSA) is 132 Å². The first-order chi connectivity index (χ1) is 14.4. The number of carbonyl (C=O) groups excluding carboxylic acids is 2. The van der Waals surface area contributed by atoms with E-state index in [2.05, 4.69) is 15.6 Å². The third-order valence-corrected chi connectivity index (χ3v) is 4.27. The second-order valence-electron chi connectivity index (χ2n) is 6.24. The molecule has 1 aromatic heterocycles. The van der Waals surface area contributed by atoms with Crippen LogP contribution in [-0.2, 0) is 16.1 Å². The Kier molecular flexibility index (Phi) is 6.16. The molecule has 1 heterocycles. The van der Waals surface area contributed by atoms with Crippen molar-refractivity contribution in [2.45, 2.75) is 6.54 Å². The number of methoxy groups -OCH3 is 2. The number of fused-ring (bicyclic) bond motifs is 1. The van der Waals surface area contributed by atoms with Crippen molar-refractivity contribution in [1.82, 2.24) is 14.9 Å². The molecular weight excluding hydrogens is 392 g/mol. The first kappa shape index (κ1) is 20.6. The predicted molar refractivity (Wildman–Crippen MR) is 109 cm³/mol. The molecule has 3 N–H and O–H groups in total. The fourth-order valence-corrected chi connectivity index (χ4v) is 2.76. The quantitative estimate of drug-likeness (QED) is 0.491. The number of nitrogens with zero attached hydrogens (tertiary/aromatic N) is 2. The van der Waals surface area contributed by atoms with Gasteiger partial charge in [0.2, 0.25) is 11.8 Å². The fraction of sp³-hybridized carbons (Fsp3) is 0.200. The monoisotopic (exact) mass is 412 g/mol. The smallest absolute Gasteiger partial charge is 0.261 e. The molecule has 156 valence electrons. The number of carbonyl (C=O) groups is 2. The van der Waals surface area contributed by atoms with Crippen molar-refractivity contribution >= 4 is 28.4 Å². The molecule has 0 aliphatic heterocycles. The van der Waals surface area contributed by atoms with Crippen LogP contribution in [0.2, 0.25) is 0 Å².